The van der Waals surface area contributed by atoms with Crippen LogP contribution in [0.2, 0.25) is 5.02 Å². The minimum Gasteiger partial charge on any atom is -0.484 e. The van der Waals surface area contributed by atoms with Crippen molar-refractivity contribution in [3.63, 3.8) is 0 Å². The van der Waals surface area contributed by atoms with Crippen molar-refractivity contribution >= 4 is 56.3 Å². The number of aryl methyl sites for hydroxylation is 1. The van der Waals surface area contributed by atoms with Gasteiger partial charge in [0.25, 0.3) is 23.9 Å². The number of nitrogens with zero attached hydrogens (tertiary/aromatic N) is 4. The lowest BCUT2D eigenvalue weighted by Gasteiger charge is -2.10. The Morgan fingerprint density at radius 3 is 2.67 bits per heavy atom. The number of hydrogen-bond donors (Lipinski definition) is 2. The number of pyridine rings is 1. The predicted molar refractivity (Wildman–Crippen MR) is 154 cm³/mol. The third-order valence-electron chi connectivity index (χ3n) is 6.44. The number of furan rings is 1. The highest BCUT2D eigenvalue weighted by Gasteiger charge is 2.27. The molecule has 0 aliphatic rings. The fourth-order valence-corrected chi connectivity index (χ4v) is 5.57. The van der Waals surface area contributed by atoms with Crippen molar-refractivity contribution in [3.8, 4) is 16.9 Å². The van der Waals surface area contributed by atoms with Crippen LogP contribution in [-0.4, -0.2) is 31.5 Å². The van der Waals surface area contributed by atoms with Crippen LogP contribution in [0.4, 0.5) is 20.2 Å². The van der Waals surface area contributed by atoms with Gasteiger partial charge in [-0.1, -0.05) is 11.6 Å². The van der Waals surface area contributed by atoms with Gasteiger partial charge in [-0.3, -0.25) is 24.4 Å². The number of rotatable bonds is 10. The van der Waals surface area contributed by atoms with Crippen molar-refractivity contribution in [3.05, 3.63) is 85.5 Å². The molecule has 3 N–H and O–H groups in total. The van der Waals surface area contributed by atoms with Crippen molar-refractivity contribution in [1.29, 1.82) is 0 Å². The van der Waals surface area contributed by atoms with Crippen LogP contribution in [0.3, 0.4) is 0 Å². The summed E-state index contributed by atoms with van der Waals surface area (Å²) < 4.78 is 40.4. The summed E-state index contributed by atoms with van der Waals surface area (Å²) in [5.74, 6) is -1.62. The number of nitro benzene ring substituents is 1. The number of thiophene rings is 1. The molecule has 12 nitrogen and oxygen atoms in total. The predicted octanol–water partition coefficient (Wildman–Crippen LogP) is 6.51. The Morgan fingerprint density at radius 1 is 1.26 bits per heavy atom. The summed E-state index contributed by atoms with van der Waals surface area (Å²) in [5.41, 5.74) is 6.34. The standard InChI is InChI=1S/C27H21ClF2N6O6S/c1-3-35-12(2)16(10-32-35)15-9-18(24(29)30)33-27-21(15)22(23(43-27)25(31)37)34-26(38)19-7-5-14(42-19)11-41-20-8-13(36(39)40)4-6-17(20)28/h4-10,24H,3,11H2,1-2H3,(H2,31,37)(H,34,38). The van der Waals surface area contributed by atoms with E-state index in [0.29, 0.717) is 23.4 Å². The molecule has 1 aromatic carbocycles. The number of amides is 2. The highest BCUT2D eigenvalue weighted by Crippen LogP contribution is 2.43. The number of nitrogens with two attached hydrogens (primary N) is 1. The van der Waals surface area contributed by atoms with Gasteiger partial charge in [0.1, 0.15) is 33.5 Å². The van der Waals surface area contributed by atoms with Crippen LogP contribution in [0.15, 0.2) is 47.0 Å². The number of ether oxygens (including phenoxy) is 1. The third kappa shape index (κ3) is 5.76. The fourth-order valence-electron chi connectivity index (χ4n) is 4.38. The summed E-state index contributed by atoms with van der Waals surface area (Å²) in [7, 11) is 0. The molecule has 0 aliphatic carbocycles. The van der Waals surface area contributed by atoms with Crippen LogP contribution in [0.1, 0.15) is 50.7 Å². The zero-order valence-electron chi connectivity index (χ0n) is 22.4. The van der Waals surface area contributed by atoms with Crippen molar-refractivity contribution in [2.75, 3.05) is 5.32 Å². The van der Waals surface area contributed by atoms with E-state index >= 15 is 0 Å². The molecule has 5 aromatic rings. The number of aromatic nitrogens is 3. The van der Waals surface area contributed by atoms with Crippen LogP contribution in [0.5, 0.6) is 5.75 Å². The second kappa shape index (κ2) is 11.8. The zero-order chi connectivity index (χ0) is 31.0. The van der Waals surface area contributed by atoms with E-state index in [4.69, 9.17) is 26.5 Å². The molecule has 4 heterocycles. The first-order valence-corrected chi connectivity index (χ1v) is 13.7. The van der Waals surface area contributed by atoms with Gasteiger partial charge in [-0.15, -0.1) is 11.3 Å². The van der Waals surface area contributed by atoms with Crippen LogP contribution >= 0.6 is 22.9 Å². The van der Waals surface area contributed by atoms with Crippen LogP contribution in [-0.2, 0) is 13.2 Å². The molecule has 0 atom stereocenters. The number of nitrogens with one attached hydrogen (secondary N) is 1. The lowest BCUT2D eigenvalue weighted by molar-refractivity contribution is -0.384. The quantitative estimate of drug-likeness (QED) is 0.130. The van der Waals surface area contributed by atoms with Crippen molar-refractivity contribution in [2.24, 2.45) is 5.73 Å². The molecule has 5 rings (SSSR count). The van der Waals surface area contributed by atoms with Crippen LogP contribution in [0, 0.1) is 17.0 Å². The van der Waals surface area contributed by atoms with E-state index < -0.39 is 28.9 Å². The maximum Gasteiger partial charge on any atom is 0.291 e. The Kier molecular flexibility index (Phi) is 8.10. The Bertz CT molecular complexity index is 1900. The minimum atomic E-state index is -2.90. The van der Waals surface area contributed by atoms with E-state index in [1.807, 2.05) is 6.92 Å². The average Bonchev–Trinajstić information content (AvgIpc) is 3.69. The number of benzene rings is 1. The van der Waals surface area contributed by atoms with E-state index in [-0.39, 0.29) is 55.4 Å². The van der Waals surface area contributed by atoms with Gasteiger partial charge in [-0.2, -0.15) is 5.10 Å². The topological polar surface area (TPSA) is 168 Å². The number of carbonyl (C=O) groups is 2. The van der Waals surface area contributed by atoms with Gasteiger partial charge in [0.2, 0.25) is 0 Å². The first kappa shape index (κ1) is 29.6. The smallest absolute Gasteiger partial charge is 0.291 e. The van der Waals surface area contributed by atoms with Gasteiger partial charge < -0.3 is 20.2 Å². The minimum absolute atomic E-state index is 0.0120. The van der Waals surface area contributed by atoms with Gasteiger partial charge in [0, 0.05) is 29.3 Å². The number of nitro groups is 1. The zero-order valence-corrected chi connectivity index (χ0v) is 24.0. The van der Waals surface area contributed by atoms with Gasteiger partial charge in [0.15, 0.2) is 5.76 Å². The maximum absolute atomic E-state index is 13.8. The van der Waals surface area contributed by atoms with E-state index in [1.54, 1.807) is 11.6 Å². The molecule has 4 aromatic heterocycles. The second-order valence-electron chi connectivity index (χ2n) is 9.09. The SMILES string of the molecule is CCn1ncc(-c2cc(C(F)F)nc3sc(C(N)=O)c(NC(=O)c4ccc(COc5cc([N+](=O)[O-])ccc5Cl)o4)c23)c1C. The summed E-state index contributed by atoms with van der Waals surface area (Å²) in [6, 6.07) is 7.70. The van der Waals surface area contributed by atoms with Crippen LogP contribution < -0.4 is 15.8 Å². The Hall–Kier alpha value is -4.89. The fraction of sp³-hybridized carbons (Fsp3) is 0.185. The average molecular weight is 631 g/mol. The van der Waals surface area contributed by atoms with Gasteiger partial charge in [-0.25, -0.2) is 13.8 Å². The number of fused-ring (bicyclic) bond motifs is 1. The summed E-state index contributed by atoms with van der Waals surface area (Å²) in [5, 5.41) is 18.4. The summed E-state index contributed by atoms with van der Waals surface area (Å²) >= 11 is 6.83. The Morgan fingerprint density at radius 2 is 2.02 bits per heavy atom. The Labute approximate surface area is 250 Å². The largest absolute Gasteiger partial charge is 0.484 e. The Balaban J connectivity index is 1.49. The van der Waals surface area contributed by atoms with Crippen molar-refractivity contribution < 1.29 is 32.4 Å². The lowest BCUT2D eigenvalue weighted by Crippen LogP contribution is -2.16. The summed E-state index contributed by atoms with van der Waals surface area (Å²) in [6.07, 6.45) is -1.38. The highest BCUT2D eigenvalue weighted by molar-refractivity contribution is 7.21. The molecule has 16 heteroatoms. The molecule has 0 saturated heterocycles. The highest BCUT2D eigenvalue weighted by atomic mass is 35.5. The number of halogens is 3. The molecule has 0 bridgehead atoms. The molecule has 0 aliphatic heterocycles. The van der Waals surface area contributed by atoms with E-state index in [1.165, 1.54) is 36.5 Å². The molecular weight excluding hydrogens is 610 g/mol. The first-order chi connectivity index (χ1) is 20.5. The summed E-state index contributed by atoms with van der Waals surface area (Å²) in [6.45, 7) is 3.96. The lowest BCUT2D eigenvalue weighted by atomic mass is 10.0. The number of anilines is 1. The van der Waals surface area contributed by atoms with Crippen molar-refractivity contribution in [2.45, 2.75) is 33.4 Å². The first-order valence-electron chi connectivity index (χ1n) is 12.5. The van der Waals surface area contributed by atoms with E-state index in [9.17, 15) is 28.5 Å². The molecule has 2 amide bonds. The molecule has 0 saturated carbocycles. The van der Waals surface area contributed by atoms with Gasteiger partial charge in [0.05, 0.1) is 27.9 Å². The monoisotopic (exact) mass is 630 g/mol. The van der Waals surface area contributed by atoms with Crippen LogP contribution in [0.25, 0.3) is 21.3 Å². The number of primary amides is 1. The molecular formula is C27H21ClF2N6O6S. The molecule has 0 unspecified atom stereocenters. The van der Waals surface area contributed by atoms with E-state index in [2.05, 4.69) is 15.4 Å². The van der Waals surface area contributed by atoms with Gasteiger partial charge in [-0.05, 0) is 43.7 Å². The molecule has 0 spiro atoms. The number of alkyl halides is 2. The van der Waals surface area contributed by atoms with Crippen molar-refractivity contribution in [1.82, 2.24) is 14.8 Å². The molecule has 222 valence electrons. The molecule has 0 fully saturated rings. The maximum atomic E-state index is 13.8. The summed E-state index contributed by atoms with van der Waals surface area (Å²) in [4.78, 5) is 40.2. The second-order valence-corrected chi connectivity index (χ2v) is 10.5. The van der Waals surface area contributed by atoms with E-state index in [0.717, 1.165) is 17.4 Å². The number of carbonyl (C=O) groups excluding carboxylic acids is 2. The molecule has 0 radical (unpaired) electrons. The number of non-ortho nitro benzene ring substituents is 1. The third-order valence-corrected chi connectivity index (χ3v) is 7.85. The molecule has 43 heavy (non-hydrogen) atoms. The number of hydrogen-bond acceptors (Lipinski definition) is 9. The van der Waals surface area contributed by atoms with Gasteiger partial charge >= 0.3 is 0 Å². The normalized spacial score (nSPS) is 11.3.